The highest BCUT2D eigenvalue weighted by Crippen LogP contribution is 2.23. The highest BCUT2D eigenvalue weighted by atomic mass is 32.2. The van der Waals surface area contributed by atoms with Crippen molar-refractivity contribution in [1.29, 1.82) is 0 Å². The van der Waals surface area contributed by atoms with Gasteiger partial charge in [0.25, 0.3) is 5.91 Å². The molecule has 27 heavy (non-hydrogen) atoms. The fourth-order valence-electron chi connectivity index (χ4n) is 2.38. The van der Waals surface area contributed by atoms with Crippen LogP contribution in [0.2, 0.25) is 0 Å². The SMILES string of the molecule is CS(=O)(=O)Nc1ccccc1C(=O)Nc1ncc(Cc2ccc(F)cc2)s1. The number of thiazole rings is 1. The number of nitrogens with one attached hydrogen (secondary N) is 2. The molecule has 0 aliphatic rings. The quantitative estimate of drug-likeness (QED) is 0.657. The van der Waals surface area contributed by atoms with Crippen LogP contribution in [0, 0.1) is 5.82 Å². The largest absolute Gasteiger partial charge is 0.298 e. The Morgan fingerprint density at radius 2 is 1.85 bits per heavy atom. The number of hydrogen-bond acceptors (Lipinski definition) is 5. The van der Waals surface area contributed by atoms with Crippen LogP contribution in [0.15, 0.2) is 54.7 Å². The van der Waals surface area contributed by atoms with Gasteiger partial charge in [-0.1, -0.05) is 24.3 Å². The number of amides is 1. The summed E-state index contributed by atoms with van der Waals surface area (Å²) in [6.45, 7) is 0. The van der Waals surface area contributed by atoms with Crippen molar-refractivity contribution in [2.45, 2.75) is 6.42 Å². The third kappa shape index (κ3) is 5.35. The van der Waals surface area contributed by atoms with E-state index in [4.69, 9.17) is 0 Å². The standard InChI is InChI=1S/C18H16FN3O3S2/c1-27(24,25)22-16-5-3-2-4-15(16)17(23)21-18-20-11-14(26-18)10-12-6-8-13(19)9-7-12/h2-9,11,22H,10H2,1H3,(H,20,21,23). The van der Waals surface area contributed by atoms with Gasteiger partial charge in [0, 0.05) is 17.5 Å². The maximum absolute atomic E-state index is 13.0. The number of para-hydroxylation sites is 1. The lowest BCUT2D eigenvalue weighted by Crippen LogP contribution is -2.17. The molecule has 0 unspecified atom stereocenters. The van der Waals surface area contributed by atoms with Gasteiger partial charge in [-0.2, -0.15) is 0 Å². The minimum atomic E-state index is -3.51. The van der Waals surface area contributed by atoms with E-state index in [-0.39, 0.29) is 17.1 Å². The zero-order valence-electron chi connectivity index (χ0n) is 14.3. The van der Waals surface area contributed by atoms with Gasteiger partial charge in [0.2, 0.25) is 10.0 Å². The summed E-state index contributed by atoms with van der Waals surface area (Å²) < 4.78 is 38.2. The average molecular weight is 405 g/mol. The van der Waals surface area contributed by atoms with E-state index < -0.39 is 15.9 Å². The minimum Gasteiger partial charge on any atom is -0.298 e. The number of hydrogen-bond donors (Lipinski definition) is 2. The van der Waals surface area contributed by atoms with E-state index >= 15 is 0 Å². The Morgan fingerprint density at radius 3 is 2.56 bits per heavy atom. The topological polar surface area (TPSA) is 88.2 Å². The summed E-state index contributed by atoms with van der Waals surface area (Å²) in [5.41, 5.74) is 1.32. The average Bonchev–Trinajstić information content (AvgIpc) is 3.03. The number of carbonyl (C=O) groups is 1. The molecule has 3 rings (SSSR count). The lowest BCUT2D eigenvalue weighted by Gasteiger charge is -2.09. The summed E-state index contributed by atoms with van der Waals surface area (Å²) in [7, 11) is -3.51. The number of halogens is 1. The van der Waals surface area contributed by atoms with Gasteiger partial charge < -0.3 is 0 Å². The van der Waals surface area contributed by atoms with Crippen molar-refractivity contribution >= 4 is 38.1 Å². The van der Waals surface area contributed by atoms with Gasteiger partial charge >= 0.3 is 0 Å². The van der Waals surface area contributed by atoms with Crippen LogP contribution < -0.4 is 10.0 Å². The molecular formula is C18H16FN3O3S2. The van der Waals surface area contributed by atoms with E-state index in [9.17, 15) is 17.6 Å². The predicted octanol–water partition coefficient (Wildman–Crippen LogP) is 3.50. The van der Waals surface area contributed by atoms with Crippen molar-refractivity contribution in [2.75, 3.05) is 16.3 Å². The minimum absolute atomic E-state index is 0.193. The van der Waals surface area contributed by atoms with Gasteiger partial charge in [-0.15, -0.1) is 11.3 Å². The number of anilines is 2. The number of rotatable bonds is 6. The molecule has 6 nitrogen and oxygen atoms in total. The van der Waals surface area contributed by atoms with E-state index in [1.54, 1.807) is 30.5 Å². The summed E-state index contributed by atoms with van der Waals surface area (Å²) in [6, 6.07) is 12.5. The Morgan fingerprint density at radius 1 is 1.15 bits per heavy atom. The Hall–Kier alpha value is -2.78. The molecule has 0 spiro atoms. The molecule has 1 amide bonds. The van der Waals surface area contributed by atoms with Crippen LogP contribution in [0.25, 0.3) is 0 Å². The van der Waals surface area contributed by atoms with E-state index in [2.05, 4.69) is 15.0 Å². The van der Waals surface area contributed by atoms with Crippen LogP contribution in [-0.4, -0.2) is 25.6 Å². The normalized spacial score (nSPS) is 11.2. The van der Waals surface area contributed by atoms with Gasteiger partial charge in [-0.3, -0.25) is 14.8 Å². The number of benzene rings is 2. The lowest BCUT2D eigenvalue weighted by molar-refractivity contribution is 0.102. The summed E-state index contributed by atoms with van der Waals surface area (Å²) in [5, 5.41) is 3.07. The Kier molecular flexibility index (Phi) is 5.52. The second-order valence-corrected chi connectivity index (χ2v) is 8.67. The van der Waals surface area contributed by atoms with Gasteiger partial charge in [-0.05, 0) is 29.8 Å². The molecule has 0 fully saturated rings. The first-order valence-electron chi connectivity index (χ1n) is 7.87. The van der Waals surface area contributed by atoms with Crippen LogP contribution in [0.1, 0.15) is 20.8 Å². The van der Waals surface area contributed by atoms with Crippen molar-refractivity contribution in [3.63, 3.8) is 0 Å². The van der Waals surface area contributed by atoms with E-state index in [1.165, 1.54) is 35.6 Å². The van der Waals surface area contributed by atoms with Gasteiger partial charge in [-0.25, -0.2) is 17.8 Å². The molecule has 0 radical (unpaired) electrons. The summed E-state index contributed by atoms with van der Waals surface area (Å²) >= 11 is 1.30. The van der Waals surface area contributed by atoms with Crippen LogP contribution in [0.4, 0.5) is 15.2 Å². The molecule has 0 saturated carbocycles. The highest BCUT2D eigenvalue weighted by Gasteiger charge is 2.15. The molecule has 0 bridgehead atoms. The predicted molar refractivity (Wildman–Crippen MR) is 104 cm³/mol. The fraction of sp³-hybridized carbons (Fsp3) is 0.111. The van der Waals surface area contributed by atoms with Crippen LogP contribution in [-0.2, 0) is 16.4 Å². The van der Waals surface area contributed by atoms with Crippen LogP contribution in [0.5, 0.6) is 0 Å². The summed E-state index contributed by atoms with van der Waals surface area (Å²) in [6.07, 6.45) is 3.23. The van der Waals surface area contributed by atoms with Gasteiger partial charge in [0.1, 0.15) is 5.82 Å². The Bertz CT molecular complexity index is 1060. The second-order valence-electron chi connectivity index (χ2n) is 5.81. The second kappa shape index (κ2) is 7.85. The summed E-state index contributed by atoms with van der Waals surface area (Å²) in [5.74, 6) is -0.762. The third-order valence-corrected chi connectivity index (χ3v) is 5.04. The van der Waals surface area contributed by atoms with E-state index in [1.807, 2.05) is 0 Å². The molecule has 0 aliphatic heterocycles. The maximum Gasteiger partial charge on any atom is 0.259 e. The van der Waals surface area contributed by atoms with Gasteiger partial charge in [0.15, 0.2) is 5.13 Å². The molecule has 0 atom stereocenters. The zero-order valence-corrected chi connectivity index (χ0v) is 15.9. The van der Waals surface area contributed by atoms with Crippen LogP contribution in [0.3, 0.4) is 0 Å². The summed E-state index contributed by atoms with van der Waals surface area (Å²) in [4.78, 5) is 17.6. The molecule has 3 aromatic rings. The van der Waals surface area contributed by atoms with Crippen molar-refractivity contribution in [3.05, 3.63) is 76.5 Å². The zero-order chi connectivity index (χ0) is 19.4. The Labute approximate surface area is 160 Å². The monoisotopic (exact) mass is 405 g/mol. The molecule has 9 heteroatoms. The third-order valence-electron chi connectivity index (χ3n) is 3.53. The lowest BCUT2D eigenvalue weighted by atomic mass is 10.1. The number of sulfonamides is 1. The molecule has 2 N–H and O–H groups in total. The van der Waals surface area contributed by atoms with Crippen molar-refractivity contribution in [3.8, 4) is 0 Å². The molecule has 0 saturated heterocycles. The molecule has 0 aliphatic carbocycles. The van der Waals surface area contributed by atoms with Crippen molar-refractivity contribution in [1.82, 2.24) is 4.98 Å². The fourth-order valence-corrected chi connectivity index (χ4v) is 3.80. The number of nitrogens with zero attached hydrogens (tertiary/aromatic N) is 1. The van der Waals surface area contributed by atoms with Crippen molar-refractivity contribution in [2.24, 2.45) is 0 Å². The van der Waals surface area contributed by atoms with Gasteiger partial charge in [0.05, 0.1) is 17.5 Å². The first-order chi connectivity index (χ1) is 12.8. The van der Waals surface area contributed by atoms with E-state index in [0.717, 1.165) is 16.7 Å². The van der Waals surface area contributed by atoms with E-state index in [0.29, 0.717) is 11.6 Å². The highest BCUT2D eigenvalue weighted by molar-refractivity contribution is 7.92. The first-order valence-corrected chi connectivity index (χ1v) is 10.6. The number of carbonyl (C=O) groups excluding carboxylic acids is 1. The van der Waals surface area contributed by atoms with Crippen molar-refractivity contribution < 1.29 is 17.6 Å². The first kappa shape index (κ1) is 19.0. The smallest absolute Gasteiger partial charge is 0.259 e. The van der Waals surface area contributed by atoms with Crippen LogP contribution >= 0.6 is 11.3 Å². The maximum atomic E-state index is 13.0. The molecule has 1 heterocycles. The molecule has 140 valence electrons. The molecule has 2 aromatic carbocycles. The Balaban J connectivity index is 1.72. The molecule has 1 aromatic heterocycles. The molecular weight excluding hydrogens is 389 g/mol. The number of aromatic nitrogens is 1.